The van der Waals surface area contributed by atoms with E-state index in [2.05, 4.69) is 10.2 Å². The maximum Gasteiger partial charge on any atom is 0.408 e. The summed E-state index contributed by atoms with van der Waals surface area (Å²) in [5.74, 6) is -8.24. The number of hydrogen-bond acceptors (Lipinski definition) is 7. The lowest BCUT2D eigenvalue weighted by atomic mass is 9.86. The Bertz CT molecular complexity index is 1170. The monoisotopic (exact) mass is 558 g/mol. The Morgan fingerprint density at radius 2 is 1.46 bits per heavy atom. The normalized spacial score (nSPS) is 22.1. The van der Waals surface area contributed by atoms with Gasteiger partial charge in [-0.05, 0) is 67.2 Å². The van der Waals surface area contributed by atoms with Crippen LogP contribution >= 0.6 is 0 Å². The molecule has 4 atom stereocenters. The first-order valence-corrected chi connectivity index (χ1v) is 11.8. The highest BCUT2D eigenvalue weighted by molar-refractivity contribution is 5.83. The Balaban J connectivity index is 0.000000360. The molecule has 1 amide bonds. The SMILES string of the molecule is O=C(NC(c1cccc(F)c1)c1cc(F)c(F)c(F)c1)OC1CN2CCC1CC2.O=C(O)C(O)C(O)C(=O)O. The number of carboxylic acid groups (broad SMARTS) is 2. The van der Waals surface area contributed by atoms with Gasteiger partial charge in [-0.3, -0.25) is 4.90 Å². The molecule has 10 nitrogen and oxygen atoms in total. The first-order valence-electron chi connectivity index (χ1n) is 11.8. The van der Waals surface area contributed by atoms with Gasteiger partial charge >= 0.3 is 18.0 Å². The van der Waals surface area contributed by atoms with E-state index >= 15 is 0 Å². The maximum atomic E-state index is 13.8. The number of aliphatic carboxylic acids is 2. The summed E-state index contributed by atoms with van der Waals surface area (Å²) in [6, 6.07) is 5.71. The van der Waals surface area contributed by atoms with E-state index in [0.29, 0.717) is 6.54 Å². The van der Waals surface area contributed by atoms with Gasteiger partial charge in [0.2, 0.25) is 0 Å². The highest BCUT2D eigenvalue weighted by Gasteiger charge is 2.37. The van der Waals surface area contributed by atoms with Gasteiger partial charge in [-0.1, -0.05) is 12.1 Å². The number of aliphatic hydroxyl groups excluding tert-OH is 2. The largest absolute Gasteiger partial charge is 0.479 e. The molecule has 3 saturated heterocycles. The van der Waals surface area contributed by atoms with Gasteiger partial charge in [-0.25, -0.2) is 31.9 Å². The Hall–Kier alpha value is -3.75. The molecule has 0 aromatic heterocycles. The molecular formula is C25H26F4N2O8. The Kier molecular flexibility index (Phi) is 9.83. The van der Waals surface area contributed by atoms with Gasteiger partial charge < -0.3 is 30.5 Å². The number of fused-ring (bicyclic) bond motifs is 3. The van der Waals surface area contributed by atoms with Crippen molar-refractivity contribution in [3.8, 4) is 0 Å². The van der Waals surface area contributed by atoms with Crippen molar-refractivity contribution < 1.29 is 57.1 Å². The van der Waals surface area contributed by atoms with Crippen LogP contribution in [0.3, 0.4) is 0 Å². The van der Waals surface area contributed by atoms with E-state index in [1.54, 1.807) is 0 Å². The quantitative estimate of drug-likeness (QED) is 0.253. The van der Waals surface area contributed by atoms with Crippen molar-refractivity contribution in [2.45, 2.75) is 37.2 Å². The van der Waals surface area contributed by atoms with E-state index in [9.17, 15) is 31.9 Å². The lowest BCUT2D eigenvalue weighted by Gasteiger charge is -2.43. The third-order valence-corrected chi connectivity index (χ3v) is 6.44. The standard InChI is InChI=1S/C21H20F4N2O2.C4H6O6/c22-15-3-1-2-13(8-15)20(14-9-16(23)19(25)17(24)10-14)26-21(28)29-18-11-27-6-4-12(18)5-7-27;5-1(3(7)8)2(6)4(9)10/h1-3,8-10,12,18,20H,4-7,11H2,(H,26,28);1-2,5-6H,(H,7,8)(H,9,10). The lowest BCUT2D eigenvalue weighted by Crippen LogP contribution is -2.52. The van der Waals surface area contributed by atoms with Gasteiger partial charge in [0.15, 0.2) is 29.7 Å². The average molecular weight is 558 g/mol. The van der Waals surface area contributed by atoms with Crippen LogP contribution in [-0.4, -0.2) is 81.3 Å². The molecule has 5 rings (SSSR count). The summed E-state index contributed by atoms with van der Waals surface area (Å²) in [5, 5.41) is 35.1. The minimum Gasteiger partial charge on any atom is -0.479 e. The number of alkyl carbamates (subject to hydrolysis) is 1. The number of piperidine rings is 3. The van der Waals surface area contributed by atoms with E-state index in [4.69, 9.17) is 25.2 Å². The molecule has 0 radical (unpaired) electrons. The highest BCUT2D eigenvalue weighted by Crippen LogP contribution is 2.30. The fraction of sp³-hybridized carbons (Fsp3) is 0.400. The minimum atomic E-state index is -2.27. The van der Waals surface area contributed by atoms with Crippen molar-refractivity contribution in [2.24, 2.45) is 5.92 Å². The summed E-state index contributed by atoms with van der Waals surface area (Å²) in [6.45, 7) is 2.60. The molecule has 0 saturated carbocycles. The van der Waals surface area contributed by atoms with Crippen LogP contribution in [0.25, 0.3) is 0 Å². The molecule has 3 aliphatic heterocycles. The molecule has 2 aromatic carbocycles. The highest BCUT2D eigenvalue weighted by atomic mass is 19.2. The van der Waals surface area contributed by atoms with Crippen LogP contribution in [0.4, 0.5) is 22.4 Å². The Morgan fingerprint density at radius 1 is 0.897 bits per heavy atom. The number of nitrogens with one attached hydrogen (secondary N) is 1. The molecule has 39 heavy (non-hydrogen) atoms. The third-order valence-electron chi connectivity index (χ3n) is 6.44. The average Bonchev–Trinajstić information content (AvgIpc) is 2.90. The first-order chi connectivity index (χ1) is 18.4. The van der Waals surface area contributed by atoms with Crippen molar-refractivity contribution in [1.29, 1.82) is 0 Å². The number of halogens is 4. The molecule has 3 fully saturated rings. The van der Waals surface area contributed by atoms with Gasteiger partial charge in [0, 0.05) is 6.54 Å². The molecule has 0 spiro atoms. The maximum absolute atomic E-state index is 13.8. The second kappa shape index (κ2) is 12.9. The van der Waals surface area contributed by atoms with E-state index < -0.39 is 59.6 Å². The first kappa shape index (κ1) is 29.8. The molecule has 2 bridgehead atoms. The number of hydrogen-bond donors (Lipinski definition) is 5. The summed E-state index contributed by atoms with van der Waals surface area (Å²) < 4.78 is 60.2. The number of carbonyl (C=O) groups excluding carboxylic acids is 1. The van der Waals surface area contributed by atoms with Crippen LogP contribution in [0.15, 0.2) is 36.4 Å². The number of rotatable bonds is 7. The molecule has 14 heteroatoms. The number of nitrogens with zero attached hydrogens (tertiary/aromatic N) is 1. The van der Waals surface area contributed by atoms with Crippen LogP contribution in [0.1, 0.15) is 30.0 Å². The number of benzene rings is 2. The van der Waals surface area contributed by atoms with E-state index in [-0.39, 0.29) is 23.1 Å². The summed E-state index contributed by atoms with van der Waals surface area (Å²) in [7, 11) is 0. The summed E-state index contributed by atoms with van der Waals surface area (Å²) in [6.07, 6.45) is -3.69. The Labute approximate surface area is 219 Å². The van der Waals surface area contributed by atoms with E-state index in [0.717, 1.165) is 44.1 Å². The van der Waals surface area contributed by atoms with Gasteiger partial charge in [0.05, 0.1) is 6.04 Å². The van der Waals surface area contributed by atoms with Gasteiger partial charge in [0.1, 0.15) is 11.9 Å². The predicted molar refractivity (Wildman–Crippen MR) is 124 cm³/mol. The number of amides is 1. The topological polar surface area (TPSA) is 157 Å². The van der Waals surface area contributed by atoms with E-state index in [1.165, 1.54) is 18.2 Å². The lowest BCUT2D eigenvalue weighted by molar-refractivity contribution is -0.165. The second-order valence-electron chi connectivity index (χ2n) is 9.08. The molecular weight excluding hydrogens is 532 g/mol. The number of carbonyl (C=O) groups is 3. The van der Waals surface area contributed by atoms with Crippen molar-refractivity contribution in [3.05, 3.63) is 70.8 Å². The zero-order valence-corrected chi connectivity index (χ0v) is 20.3. The van der Waals surface area contributed by atoms with Crippen LogP contribution in [0.5, 0.6) is 0 Å². The smallest absolute Gasteiger partial charge is 0.408 e. The summed E-state index contributed by atoms with van der Waals surface area (Å²) >= 11 is 0. The zero-order chi connectivity index (χ0) is 28.9. The van der Waals surface area contributed by atoms with Crippen molar-refractivity contribution in [1.82, 2.24) is 10.2 Å². The van der Waals surface area contributed by atoms with Crippen LogP contribution < -0.4 is 5.32 Å². The van der Waals surface area contributed by atoms with Crippen molar-refractivity contribution in [3.63, 3.8) is 0 Å². The Morgan fingerprint density at radius 3 is 1.92 bits per heavy atom. The molecule has 4 unspecified atom stereocenters. The second-order valence-corrected chi connectivity index (χ2v) is 9.08. The van der Waals surface area contributed by atoms with Crippen LogP contribution in [0, 0.1) is 29.2 Å². The van der Waals surface area contributed by atoms with Crippen LogP contribution in [-0.2, 0) is 14.3 Å². The molecule has 3 aliphatic rings. The molecule has 3 heterocycles. The van der Waals surface area contributed by atoms with Crippen molar-refractivity contribution >= 4 is 18.0 Å². The molecule has 212 valence electrons. The molecule has 0 aliphatic carbocycles. The molecule has 5 N–H and O–H groups in total. The summed E-state index contributed by atoms with van der Waals surface area (Å²) in [5.41, 5.74) is 0.194. The fourth-order valence-electron chi connectivity index (χ4n) is 4.39. The summed E-state index contributed by atoms with van der Waals surface area (Å²) in [4.78, 5) is 34.3. The van der Waals surface area contributed by atoms with Crippen LogP contribution in [0.2, 0.25) is 0 Å². The van der Waals surface area contributed by atoms with Gasteiger partial charge in [-0.15, -0.1) is 0 Å². The predicted octanol–water partition coefficient (Wildman–Crippen LogP) is 2.03. The van der Waals surface area contributed by atoms with Crippen molar-refractivity contribution in [2.75, 3.05) is 19.6 Å². The zero-order valence-electron chi connectivity index (χ0n) is 20.3. The fourth-order valence-corrected chi connectivity index (χ4v) is 4.39. The van der Waals surface area contributed by atoms with E-state index in [1.807, 2.05) is 0 Å². The number of carboxylic acids is 2. The minimum absolute atomic E-state index is 0.0575. The van der Waals surface area contributed by atoms with Gasteiger partial charge in [0.25, 0.3) is 0 Å². The molecule has 2 aromatic rings. The number of ether oxygens (including phenoxy) is 1. The number of aliphatic hydroxyl groups is 2. The third kappa shape index (κ3) is 7.65. The van der Waals surface area contributed by atoms with Gasteiger partial charge in [-0.2, -0.15) is 0 Å².